The standard InChI is InChI=1S/C11H15BFNO3S/c12-8-9-1-2-10(13)7-11(9)18(15,16)14-3-5-17-6-4-14/h1-2,7H,3-6,8,12H2. The largest absolute Gasteiger partial charge is 0.379 e. The summed E-state index contributed by atoms with van der Waals surface area (Å²) in [5.74, 6) is -0.529. The van der Waals surface area contributed by atoms with Crippen LogP contribution in [0.25, 0.3) is 0 Å². The summed E-state index contributed by atoms with van der Waals surface area (Å²) in [6.45, 7) is 1.41. The summed E-state index contributed by atoms with van der Waals surface area (Å²) in [6.07, 6.45) is 0.555. The Morgan fingerprint density at radius 2 is 2.00 bits per heavy atom. The van der Waals surface area contributed by atoms with Gasteiger partial charge in [0.25, 0.3) is 0 Å². The summed E-state index contributed by atoms with van der Waals surface area (Å²) in [7, 11) is -1.76. The van der Waals surface area contributed by atoms with E-state index in [2.05, 4.69) is 0 Å². The molecule has 1 heterocycles. The first-order chi connectivity index (χ1) is 8.55. The molecule has 0 saturated carbocycles. The molecule has 4 nitrogen and oxygen atoms in total. The van der Waals surface area contributed by atoms with E-state index in [0.29, 0.717) is 38.2 Å². The van der Waals surface area contributed by atoms with Crippen molar-refractivity contribution < 1.29 is 17.5 Å². The van der Waals surface area contributed by atoms with Crippen LogP contribution in [0.4, 0.5) is 4.39 Å². The maximum absolute atomic E-state index is 13.3. The van der Waals surface area contributed by atoms with E-state index in [-0.39, 0.29) is 4.90 Å². The number of ether oxygens (including phenoxy) is 1. The molecule has 0 unspecified atom stereocenters. The normalized spacial score (nSPS) is 17.8. The highest BCUT2D eigenvalue weighted by Crippen LogP contribution is 2.22. The summed E-state index contributed by atoms with van der Waals surface area (Å²) in [4.78, 5) is 0.0758. The van der Waals surface area contributed by atoms with Crippen molar-refractivity contribution in [3.63, 3.8) is 0 Å². The quantitative estimate of drug-likeness (QED) is 0.726. The first kappa shape index (κ1) is 13.5. The number of hydrogen-bond acceptors (Lipinski definition) is 3. The average molecular weight is 271 g/mol. The Morgan fingerprint density at radius 1 is 1.33 bits per heavy atom. The number of benzene rings is 1. The summed E-state index contributed by atoms with van der Waals surface area (Å²) in [5, 5.41) is 0. The van der Waals surface area contributed by atoms with Crippen LogP contribution in [0.15, 0.2) is 23.1 Å². The van der Waals surface area contributed by atoms with E-state index in [1.165, 1.54) is 16.4 Å². The number of halogens is 1. The molecule has 0 aliphatic carbocycles. The van der Waals surface area contributed by atoms with Crippen LogP contribution in [-0.2, 0) is 21.1 Å². The zero-order valence-electron chi connectivity index (χ0n) is 10.2. The third-order valence-electron chi connectivity index (χ3n) is 3.00. The lowest BCUT2D eigenvalue weighted by molar-refractivity contribution is 0.0730. The van der Waals surface area contributed by atoms with Gasteiger partial charge in [-0.25, -0.2) is 12.8 Å². The molecule has 1 aromatic carbocycles. The Kier molecular flexibility index (Phi) is 4.04. The molecular formula is C11H15BFNO3S. The van der Waals surface area contributed by atoms with Gasteiger partial charge in [0.15, 0.2) is 0 Å². The molecule has 1 saturated heterocycles. The van der Waals surface area contributed by atoms with Crippen molar-refractivity contribution in [3.05, 3.63) is 29.6 Å². The second-order valence-electron chi connectivity index (χ2n) is 4.12. The molecule has 0 amide bonds. The molecule has 0 radical (unpaired) electrons. The maximum Gasteiger partial charge on any atom is 0.243 e. The number of hydrogen-bond donors (Lipinski definition) is 0. The van der Waals surface area contributed by atoms with E-state index in [0.717, 1.165) is 6.07 Å². The molecule has 0 spiro atoms. The highest BCUT2D eigenvalue weighted by Gasteiger charge is 2.28. The molecule has 1 aliphatic rings. The summed E-state index contributed by atoms with van der Waals surface area (Å²) >= 11 is 0. The molecule has 1 aromatic rings. The van der Waals surface area contributed by atoms with Crippen LogP contribution in [0.1, 0.15) is 5.56 Å². The van der Waals surface area contributed by atoms with Gasteiger partial charge in [0.05, 0.1) is 18.1 Å². The number of nitrogens with zero attached hydrogens (tertiary/aromatic N) is 1. The fourth-order valence-corrected chi connectivity index (χ4v) is 3.70. The highest BCUT2D eigenvalue weighted by atomic mass is 32.2. The van der Waals surface area contributed by atoms with E-state index >= 15 is 0 Å². The molecule has 0 bridgehead atoms. The third kappa shape index (κ3) is 2.58. The summed E-state index contributed by atoms with van der Waals surface area (Å²) in [5.41, 5.74) is 0.642. The van der Waals surface area contributed by atoms with Crippen LogP contribution in [0, 0.1) is 5.82 Å². The maximum atomic E-state index is 13.3. The molecule has 98 valence electrons. The van der Waals surface area contributed by atoms with Crippen LogP contribution in [0.5, 0.6) is 0 Å². The van der Waals surface area contributed by atoms with Crippen LogP contribution in [0.2, 0.25) is 0 Å². The van der Waals surface area contributed by atoms with E-state index in [9.17, 15) is 12.8 Å². The van der Waals surface area contributed by atoms with Crippen LogP contribution in [-0.4, -0.2) is 46.9 Å². The summed E-state index contributed by atoms with van der Waals surface area (Å²) in [6, 6.07) is 3.92. The minimum atomic E-state index is -3.61. The van der Waals surface area contributed by atoms with E-state index in [4.69, 9.17) is 4.74 Å². The van der Waals surface area contributed by atoms with Crippen molar-refractivity contribution in [2.75, 3.05) is 26.3 Å². The minimum Gasteiger partial charge on any atom is -0.379 e. The van der Waals surface area contributed by atoms with E-state index in [1.807, 2.05) is 7.85 Å². The molecule has 0 N–H and O–H groups in total. The lowest BCUT2D eigenvalue weighted by Gasteiger charge is -2.26. The minimum absolute atomic E-state index is 0.0758. The molecule has 7 heteroatoms. The van der Waals surface area contributed by atoms with Crippen LogP contribution in [0.3, 0.4) is 0 Å². The Bertz CT molecular complexity index is 529. The smallest absolute Gasteiger partial charge is 0.243 e. The summed E-state index contributed by atoms with van der Waals surface area (Å²) < 4.78 is 44.6. The number of rotatable bonds is 3. The van der Waals surface area contributed by atoms with Crippen molar-refractivity contribution in [3.8, 4) is 0 Å². The second-order valence-corrected chi connectivity index (χ2v) is 6.03. The molecule has 18 heavy (non-hydrogen) atoms. The van der Waals surface area contributed by atoms with Crippen molar-refractivity contribution in [1.82, 2.24) is 4.31 Å². The van der Waals surface area contributed by atoms with Gasteiger partial charge in [0.1, 0.15) is 13.7 Å². The first-order valence-electron chi connectivity index (χ1n) is 5.92. The first-order valence-corrected chi connectivity index (χ1v) is 7.36. The van der Waals surface area contributed by atoms with E-state index in [1.54, 1.807) is 0 Å². The topological polar surface area (TPSA) is 46.6 Å². The van der Waals surface area contributed by atoms with Gasteiger partial charge in [0, 0.05) is 13.1 Å². The van der Waals surface area contributed by atoms with Crippen molar-refractivity contribution >= 4 is 17.9 Å². The third-order valence-corrected chi connectivity index (χ3v) is 4.98. The molecule has 0 aromatic heterocycles. The van der Waals surface area contributed by atoms with Crippen molar-refractivity contribution in [2.24, 2.45) is 0 Å². The van der Waals surface area contributed by atoms with Gasteiger partial charge in [-0.2, -0.15) is 4.31 Å². The molecule has 2 rings (SSSR count). The molecule has 1 aliphatic heterocycles. The van der Waals surface area contributed by atoms with Crippen LogP contribution >= 0.6 is 0 Å². The Morgan fingerprint density at radius 3 is 2.61 bits per heavy atom. The Balaban J connectivity index is 2.42. The van der Waals surface area contributed by atoms with Gasteiger partial charge in [-0.1, -0.05) is 12.4 Å². The SMILES string of the molecule is BCc1ccc(F)cc1S(=O)(=O)N1CCOCC1. The van der Waals surface area contributed by atoms with Crippen LogP contribution < -0.4 is 0 Å². The lowest BCUT2D eigenvalue weighted by atomic mass is 9.97. The predicted octanol–water partition coefficient (Wildman–Crippen LogP) is -0.0203. The molecule has 1 fully saturated rings. The highest BCUT2D eigenvalue weighted by molar-refractivity contribution is 7.89. The zero-order valence-corrected chi connectivity index (χ0v) is 11.0. The number of sulfonamides is 1. The van der Waals surface area contributed by atoms with Gasteiger partial charge in [0.2, 0.25) is 10.0 Å². The Labute approximate surface area is 107 Å². The van der Waals surface area contributed by atoms with Crippen molar-refractivity contribution in [1.29, 1.82) is 0 Å². The van der Waals surface area contributed by atoms with Gasteiger partial charge in [-0.05, 0) is 17.7 Å². The fourth-order valence-electron chi connectivity index (χ4n) is 1.99. The van der Waals surface area contributed by atoms with Gasteiger partial charge < -0.3 is 4.74 Å². The van der Waals surface area contributed by atoms with Gasteiger partial charge >= 0.3 is 0 Å². The predicted molar refractivity (Wildman–Crippen MR) is 68.2 cm³/mol. The fraction of sp³-hybridized carbons (Fsp3) is 0.455. The number of morpholine rings is 1. The monoisotopic (exact) mass is 271 g/mol. The molecular weight excluding hydrogens is 256 g/mol. The average Bonchev–Trinajstić information content (AvgIpc) is 2.39. The zero-order chi connectivity index (χ0) is 13.2. The lowest BCUT2D eigenvalue weighted by Crippen LogP contribution is -2.41. The van der Waals surface area contributed by atoms with Crippen molar-refractivity contribution in [2.45, 2.75) is 11.2 Å². The van der Waals surface area contributed by atoms with E-state index < -0.39 is 15.8 Å². The van der Waals surface area contributed by atoms with Gasteiger partial charge in [-0.15, -0.1) is 0 Å². The second kappa shape index (κ2) is 5.38. The molecule has 0 atom stereocenters. The van der Waals surface area contributed by atoms with Gasteiger partial charge in [-0.3, -0.25) is 0 Å². The Hall–Kier alpha value is -0.915.